The summed E-state index contributed by atoms with van der Waals surface area (Å²) in [5, 5.41) is 3.06. The van der Waals surface area contributed by atoms with Crippen LogP contribution in [0.25, 0.3) is 0 Å². The summed E-state index contributed by atoms with van der Waals surface area (Å²) in [6.45, 7) is 0.713. The predicted octanol–water partition coefficient (Wildman–Crippen LogP) is 2.71. The molecule has 0 fully saturated rings. The smallest absolute Gasteiger partial charge is 0.133 e. The highest BCUT2D eigenvalue weighted by molar-refractivity contribution is 5.58. The Bertz CT molecular complexity index is 528. The molecular weight excluding hydrogens is 229 g/mol. The fraction of sp³-hybridized carbons (Fsp3) is 0.214. The zero-order valence-corrected chi connectivity index (χ0v) is 10.5. The van der Waals surface area contributed by atoms with Gasteiger partial charge in [0.1, 0.15) is 11.6 Å². The molecule has 0 aliphatic heterocycles. The molecule has 3 nitrogen and oxygen atoms in total. The van der Waals surface area contributed by atoms with E-state index in [1.807, 2.05) is 43.3 Å². The monoisotopic (exact) mass is 245 g/mol. The molecule has 4 heteroatoms. The van der Waals surface area contributed by atoms with Gasteiger partial charge in [-0.3, -0.25) is 0 Å². The third-order valence-electron chi connectivity index (χ3n) is 2.69. The lowest BCUT2D eigenvalue weighted by Gasteiger charge is -2.19. The summed E-state index contributed by atoms with van der Waals surface area (Å²) in [5.74, 6) is 0.555. The lowest BCUT2D eigenvalue weighted by molar-refractivity contribution is 0.628. The molecule has 0 spiro atoms. The molecule has 1 aromatic carbocycles. The third kappa shape index (κ3) is 2.84. The van der Waals surface area contributed by atoms with Gasteiger partial charge in [-0.05, 0) is 37.4 Å². The van der Waals surface area contributed by atoms with Gasteiger partial charge in [-0.1, -0.05) is 12.1 Å². The molecule has 18 heavy (non-hydrogen) atoms. The largest absolute Gasteiger partial charge is 0.329 e. The lowest BCUT2D eigenvalue weighted by atomic mass is 10.2. The summed E-state index contributed by atoms with van der Waals surface area (Å²) in [7, 11) is 3.75. The summed E-state index contributed by atoms with van der Waals surface area (Å²) in [5.41, 5.74) is 1.74. The van der Waals surface area contributed by atoms with E-state index in [0.717, 1.165) is 17.2 Å². The van der Waals surface area contributed by atoms with Crippen LogP contribution in [0.1, 0.15) is 5.69 Å². The third-order valence-corrected chi connectivity index (χ3v) is 2.69. The normalized spacial score (nSPS) is 10.4. The molecule has 0 bridgehead atoms. The summed E-state index contributed by atoms with van der Waals surface area (Å²) in [4.78, 5) is 6.37. The molecular formula is C14H16FN3. The van der Waals surface area contributed by atoms with E-state index in [0.29, 0.717) is 6.54 Å². The van der Waals surface area contributed by atoms with Crippen LogP contribution < -0.4 is 10.2 Å². The Morgan fingerprint density at radius 3 is 2.72 bits per heavy atom. The number of aromatic nitrogens is 1. The Balaban J connectivity index is 2.27. The molecule has 0 aliphatic carbocycles. The molecule has 0 radical (unpaired) electrons. The Morgan fingerprint density at radius 1 is 1.22 bits per heavy atom. The first kappa shape index (κ1) is 12.5. The summed E-state index contributed by atoms with van der Waals surface area (Å²) in [6.07, 6.45) is 0. The highest BCUT2D eigenvalue weighted by Crippen LogP contribution is 2.22. The number of hydrogen-bond acceptors (Lipinski definition) is 3. The molecule has 0 saturated heterocycles. The topological polar surface area (TPSA) is 28.2 Å². The highest BCUT2D eigenvalue weighted by Gasteiger charge is 2.06. The Morgan fingerprint density at radius 2 is 2.00 bits per heavy atom. The minimum Gasteiger partial charge on any atom is -0.329 e. The average molecular weight is 245 g/mol. The predicted molar refractivity (Wildman–Crippen MR) is 71.5 cm³/mol. The maximum absolute atomic E-state index is 13.2. The fourth-order valence-electron chi connectivity index (χ4n) is 1.75. The van der Waals surface area contributed by atoms with Gasteiger partial charge in [0, 0.05) is 19.3 Å². The lowest BCUT2D eigenvalue weighted by Crippen LogP contribution is -2.13. The first-order valence-electron chi connectivity index (χ1n) is 5.80. The van der Waals surface area contributed by atoms with Gasteiger partial charge in [-0.15, -0.1) is 0 Å². The Kier molecular flexibility index (Phi) is 3.89. The van der Waals surface area contributed by atoms with E-state index in [9.17, 15) is 4.39 Å². The summed E-state index contributed by atoms with van der Waals surface area (Å²) in [6, 6.07) is 12.3. The molecule has 0 aliphatic rings. The minimum atomic E-state index is -0.245. The SMILES string of the molecule is CNCc1cccc(N(C)c2cccc(F)c2)n1. The summed E-state index contributed by atoms with van der Waals surface area (Å²) < 4.78 is 13.2. The summed E-state index contributed by atoms with van der Waals surface area (Å²) >= 11 is 0. The average Bonchev–Trinajstić information content (AvgIpc) is 2.39. The number of benzene rings is 1. The van der Waals surface area contributed by atoms with E-state index in [2.05, 4.69) is 10.3 Å². The van der Waals surface area contributed by atoms with Crippen molar-refractivity contribution in [3.05, 3.63) is 54.0 Å². The van der Waals surface area contributed by atoms with Crippen molar-refractivity contribution in [2.45, 2.75) is 6.54 Å². The molecule has 1 N–H and O–H groups in total. The number of rotatable bonds is 4. The molecule has 0 unspecified atom stereocenters. The molecule has 2 rings (SSSR count). The van der Waals surface area contributed by atoms with Crippen LogP contribution in [0.4, 0.5) is 15.9 Å². The van der Waals surface area contributed by atoms with Crippen molar-refractivity contribution >= 4 is 11.5 Å². The minimum absolute atomic E-state index is 0.245. The van der Waals surface area contributed by atoms with Crippen molar-refractivity contribution in [2.24, 2.45) is 0 Å². The van der Waals surface area contributed by atoms with E-state index in [4.69, 9.17) is 0 Å². The van der Waals surface area contributed by atoms with Crippen molar-refractivity contribution in [1.29, 1.82) is 0 Å². The van der Waals surface area contributed by atoms with Gasteiger partial charge >= 0.3 is 0 Å². The number of halogens is 1. The van der Waals surface area contributed by atoms with Crippen molar-refractivity contribution in [3.63, 3.8) is 0 Å². The van der Waals surface area contributed by atoms with Gasteiger partial charge < -0.3 is 10.2 Å². The molecule has 0 amide bonds. The van der Waals surface area contributed by atoms with Crippen LogP contribution in [0.2, 0.25) is 0 Å². The van der Waals surface area contributed by atoms with E-state index < -0.39 is 0 Å². The van der Waals surface area contributed by atoms with Crippen LogP contribution in [0.5, 0.6) is 0 Å². The van der Waals surface area contributed by atoms with Crippen molar-refractivity contribution in [2.75, 3.05) is 19.0 Å². The van der Waals surface area contributed by atoms with Crippen LogP contribution in [-0.4, -0.2) is 19.1 Å². The van der Waals surface area contributed by atoms with Gasteiger partial charge in [-0.25, -0.2) is 9.37 Å². The second-order valence-electron chi connectivity index (χ2n) is 4.06. The maximum Gasteiger partial charge on any atom is 0.133 e. The molecule has 1 heterocycles. The molecule has 1 aromatic heterocycles. The van der Waals surface area contributed by atoms with Crippen molar-refractivity contribution in [1.82, 2.24) is 10.3 Å². The molecule has 2 aromatic rings. The Hall–Kier alpha value is -1.94. The number of nitrogens with zero attached hydrogens (tertiary/aromatic N) is 2. The van der Waals surface area contributed by atoms with Gasteiger partial charge in [0.05, 0.1) is 5.69 Å². The molecule has 0 atom stereocenters. The van der Waals surface area contributed by atoms with E-state index in [1.54, 1.807) is 6.07 Å². The van der Waals surface area contributed by atoms with E-state index in [1.165, 1.54) is 12.1 Å². The van der Waals surface area contributed by atoms with Gasteiger partial charge in [-0.2, -0.15) is 0 Å². The first-order valence-corrected chi connectivity index (χ1v) is 5.80. The number of anilines is 2. The van der Waals surface area contributed by atoms with Crippen molar-refractivity contribution < 1.29 is 4.39 Å². The van der Waals surface area contributed by atoms with Crippen LogP contribution in [-0.2, 0) is 6.54 Å². The van der Waals surface area contributed by atoms with Gasteiger partial charge in [0.15, 0.2) is 0 Å². The molecule has 94 valence electrons. The zero-order valence-electron chi connectivity index (χ0n) is 10.5. The molecule has 0 saturated carbocycles. The number of pyridine rings is 1. The van der Waals surface area contributed by atoms with Crippen LogP contribution in [0, 0.1) is 5.82 Å². The quantitative estimate of drug-likeness (QED) is 0.897. The zero-order chi connectivity index (χ0) is 13.0. The van der Waals surface area contributed by atoms with E-state index >= 15 is 0 Å². The second-order valence-corrected chi connectivity index (χ2v) is 4.06. The Labute approximate surface area is 106 Å². The standard InChI is InChI=1S/C14H16FN3/c1-16-10-12-6-4-8-14(17-12)18(2)13-7-3-5-11(15)9-13/h3-9,16H,10H2,1-2H3. The number of hydrogen-bond donors (Lipinski definition) is 1. The van der Waals surface area contributed by atoms with Crippen LogP contribution in [0.15, 0.2) is 42.5 Å². The van der Waals surface area contributed by atoms with E-state index in [-0.39, 0.29) is 5.82 Å². The first-order chi connectivity index (χ1) is 8.70. The van der Waals surface area contributed by atoms with Gasteiger partial charge in [0.2, 0.25) is 0 Å². The van der Waals surface area contributed by atoms with Crippen LogP contribution in [0.3, 0.4) is 0 Å². The highest BCUT2D eigenvalue weighted by atomic mass is 19.1. The van der Waals surface area contributed by atoms with Crippen molar-refractivity contribution in [3.8, 4) is 0 Å². The fourth-order valence-corrected chi connectivity index (χ4v) is 1.75. The maximum atomic E-state index is 13.2. The van der Waals surface area contributed by atoms with Crippen LogP contribution >= 0.6 is 0 Å². The van der Waals surface area contributed by atoms with Gasteiger partial charge in [0.25, 0.3) is 0 Å². The second kappa shape index (κ2) is 5.60. The number of nitrogens with one attached hydrogen (secondary N) is 1.